The van der Waals surface area contributed by atoms with Crippen LogP contribution in [0.15, 0.2) is 28.7 Å². The molecule has 1 aromatic carbocycles. The maximum Gasteiger partial charge on any atom is 0.214 e. The summed E-state index contributed by atoms with van der Waals surface area (Å²) in [4.78, 5) is 0. The normalized spacial score (nSPS) is 10.4. The smallest absolute Gasteiger partial charge is 0.214 e. The number of rotatable bonds is 3. The Hall–Kier alpha value is -1.14. The van der Waals surface area contributed by atoms with Gasteiger partial charge in [0.2, 0.25) is 4.77 Å². The van der Waals surface area contributed by atoms with Gasteiger partial charge >= 0.3 is 0 Å². The van der Waals surface area contributed by atoms with Gasteiger partial charge in [0.1, 0.15) is 5.82 Å². The molecule has 84 valence electrons. The fourth-order valence-corrected chi connectivity index (χ4v) is 2.07. The molecule has 6 heteroatoms. The Kier molecular flexibility index (Phi) is 3.40. The van der Waals surface area contributed by atoms with E-state index in [1.807, 2.05) is 19.1 Å². The van der Waals surface area contributed by atoms with Crippen molar-refractivity contribution in [2.45, 2.75) is 13.5 Å². The van der Waals surface area contributed by atoms with Crippen LogP contribution in [0.3, 0.4) is 0 Å². The van der Waals surface area contributed by atoms with Crippen LogP contribution in [-0.2, 0) is 6.54 Å². The molecule has 0 bridgehead atoms. The summed E-state index contributed by atoms with van der Waals surface area (Å²) in [7, 11) is 0. The molecule has 0 aliphatic heterocycles. The van der Waals surface area contributed by atoms with Crippen molar-refractivity contribution in [3.05, 3.63) is 44.9 Å². The van der Waals surface area contributed by atoms with Gasteiger partial charge in [0.15, 0.2) is 0 Å². The molecule has 1 aromatic heterocycles. The highest BCUT2D eigenvalue weighted by molar-refractivity contribution is 9.10. The minimum absolute atomic E-state index is 0.576. The van der Waals surface area contributed by atoms with E-state index >= 15 is 0 Å². The Morgan fingerprint density at radius 3 is 3.00 bits per heavy atom. The number of H-pyrrole nitrogens is 1. The van der Waals surface area contributed by atoms with Gasteiger partial charge in [-0.3, -0.25) is 5.10 Å². The highest BCUT2D eigenvalue weighted by atomic mass is 79.9. The summed E-state index contributed by atoms with van der Waals surface area (Å²) in [6, 6.07) is 8.11. The van der Waals surface area contributed by atoms with Gasteiger partial charge in [-0.1, -0.05) is 28.1 Å². The summed E-state index contributed by atoms with van der Waals surface area (Å²) < 4.78 is 3.41. The van der Waals surface area contributed by atoms with Crippen molar-refractivity contribution in [1.29, 1.82) is 0 Å². The first-order valence-electron chi connectivity index (χ1n) is 4.79. The quantitative estimate of drug-likeness (QED) is 0.857. The zero-order valence-electron chi connectivity index (χ0n) is 8.70. The Morgan fingerprint density at radius 1 is 1.56 bits per heavy atom. The molecule has 0 radical (unpaired) electrons. The molecule has 1 heterocycles. The van der Waals surface area contributed by atoms with Gasteiger partial charge in [-0.25, -0.2) is 4.68 Å². The van der Waals surface area contributed by atoms with E-state index in [0.29, 0.717) is 11.3 Å². The van der Waals surface area contributed by atoms with Crippen LogP contribution in [0.5, 0.6) is 0 Å². The monoisotopic (exact) mass is 298 g/mol. The summed E-state index contributed by atoms with van der Waals surface area (Å²) in [6.07, 6.45) is 0. The SMILES string of the molecule is Cc1n[nH]c(=S)n1NCc1cccc(Br)c1. The molecule has 2 N–H and O–H groups in total. The fraction of sp³-hybridized carbons (Fsp3) is 0.200. The van der Waals surface area contributed by atoms with Crippen LogP contribution in [0.1, 0.15) is 11.4 Å². The van der Waals surface area contributed by atoms with Crippen molar-refractivity contribution in [2.75, 3.05) is 5.43 Å². The van der Waals surface area contributed by atoms with E-state index in [1.165, 1.54) is 5.56 Å². The number of aromatic nitrogens is 3. The van der Waals surface area contributed by atoms with Gasteiger partial charge in [-0.15, -0.1) is 0 Å². The largest absolute Gasteiger partial charge is 0.318 e. The highest BCUT2D eigenvalue weighted by Gasteiger charge is 2.00. The Morgan fingerprint density at radius 2 is 2.38 bits per heavy atom. The Bertz CT molecular complexity index is 546. The van der Waals surface area contributed by atoms with E-state index in [-0.39, 0.29) is 0 Å². The van der Waals surface area contributed by atoms with Crippen LogP contribution in [0.2, 0.25) is 0 Å². The highest BCUT2D eigenvalue weighted by Crippen LogP contribution is 2.11. The van der Waals surface area contributed by atoms with Crippen molar-refractivity contribution in [2.24, 2.45) is 0 Å². The number of aromatic amines is 1. The number of hydrogen-bond donors (Lipinski definition) is 2. The van der Waals surface area contributed by atoms with Gasteiger partial charge in [0.25, 0.3) is 0 Å². The second-order valence-corrected chi connectivity index (χ2v) is 4.68. The molecule has 2 aromatic rings. The zero-order chi connectivity index (χ0) is 11.5. The third kappa shape index (κ3) is 2.51. The summed E-state index contributed by atoms with van der Waals surface area (Å²) in [5, 5.41) is 6.75. The summed E-state index contributed by atoms with van der Waals surface area (Å²) in [6.45, 7) is 2.59. The maximum atomic E-state index is 5.09. The average molecular weight is 299 g/mol. The standard InChI is InChI=1S/C10H11BrN4S/c1-7-13-14-10(16)15(7)12-6-8-3-2-4-9(11)5-8/h2-5,12H,6H2,1H3,(H,14,16). The van der Waals surface area contributed by atoms with E-state index in [2.05, 4.69) is 43.7 Å². The van der Waals surface area contributed by atoms with Crippen molar-refractivity contribution >= 4 is 28.1 Å². The second kappa shape index (κ2) is 4.80. The molecule has 0 fully saturated rings. The molecule has 0 saturated carbocycles. The predicted molar refractivity (Wildman–Crippen MR) is 69.4 cm³/mol. The van der Waals surface area contributed by atoms with Crippen LogP contribution in [-0.4, -0.2) is 14.9 Å². The summed E-state index contributed by atoms with van der Waals surface area (Å²) >= 11 is 8.52. The topological polar surface area (TPSA) is 45.6 Å². The first kappa shape index (κ1) is 11.3. The minimum atomic E-state index is 0.576. The second-order valence-electron chi connectivity index (χ2n) is 3.38. The third-order valence-electron chi connectivity index (χ3n) is 2.17. The van der Waals surface area contributed by atoms with Crippen molar-refractivity contribution in [3.63, 3.8) is 0 Å². The van der Waals surface area contributed by atoms with Crippen molar-refractivity contribution < 1.29 is 0 Å². The summed E-state index contributed by atoms with van der Waals surface area (Å²) in [5.74, 6) is 0.819. The first-order chi connectivity index (χ1) is 7.66. The summed E-state index contributed by atoms with van der Waals surface area (Å²) in [5.41, 5.74) is 4.38. The molecule has 0 amide bonds. The lowest BCUT2D eigenvalue weighted by Gasteiger charge is -2.08. The van der Waals surface area contributed by atoms with Crippen LogP contribution in [0.4, 0.5) is 0 Å². The maximum absolute atomic E-state index is 5.09. The van der Waals surface area contributed by atoms with Crippen molar-refractivity contribution in [3.8, 4) is 0 Å². The van der Waals surface area contributed by atoms with Crippen molar-refractivity contribution in [1.82, 2.24) is 14.9 Å². The molecule has 0 aliphatic carbocycles. The van der Waals surface area contributed by atoms with Crippen LogP contribution in [0.25, 0.3) is 0 Å². The lowest BCUT2D eigenvalue weighted by molar-refractivity contribution is 0.794. The van der Waals surface area contributed by atoms with E-state index < -0.39 is 0 Å². The minimum Gasteiger partial charge on any atom is -0.318 e. The van der Waals surface area contributed by atoms with Crippen LogP contribution in [0, 0.1) is 11.7 Å². The third-order valence-corrected chi connectivity index (χ3v) is 2.94. The molecule has 0 atom stereocenters. The van der Waals surface area contributed by atoms with E-state index in [0.717, 1.165) is 10.3 Å². The number of nitrogens with one attached hydrogen (secondary N) is 2. The lowest BCUT2D eigenvalue weighted by atomic mass is 10.2. The number of benzene rings is 1. The molecule has 0 aliphatic rings. The molecule has 0 spiro atoms. The molecule has 0 saturated heterocycles. The van der Waals surface area contributed by atoms with Gasteiger partial charge in [-0.05, 0) is 36.8 Å². The van der Waals surface area contributed by atoms with Crippen LogP contribution < -0.4 is 5.43 Å². The average Bonchev–Trinajstić information content (AvgIpc) is 2.56. The molecule has 16 heavy (non-hydrogen) atoms. The molecule has 0 unspecified atom stereocenters. The van der Waals surface area contributed by atoms with Gasteiger partial charge in [0, 0.05) is 4.47 Å². The fourth-order valence-electron chi connectivity index (χ4n) is 1.38. The number of aryl methyl sites for hydroxylation is 1. The van der Waals surface area contributed by atoms with Gasteiger partial charge in [-0.2, -0.15) is 5.10 Å². The van der Waals surface area contributed by atoms with Gasteiger partial charge in [0.05, 0.1) is 6.54 Å². The molecular formula is C10H11BrN4S. The zero-order valence-corrected chi connectivity index (χ0v) is 11.1. The van der Waals surface area contributed by atoms with Crippen LogP contribution >= 0.6 is 28.1 Å². The first-order valence-corrected chi connectivity index (χ1v) is 5.99. The lowest BCUT2D eigenvalue weighted by Crippen LogP contribution is -2.15. The van der Waals surface area contributed by atoms with E-state index in [4.69, 9.17) is 12.2 Å². The number of nitrogens with zero attached hydrogens (tertiary/aromatic N) is 2. The van der Waals surface area contributed by atoms with Gasteiger partial charge < -0.3 is 5.43 Å². The molecule has 4 nitrogen and oxygen atoms in total. The number of hydrogen-bond acceptors (Lipinski definition) is 3. The predicted octanol–water partition coefficient (Wildman–Crippen LogP) is 2.76. The number of halogens is 1. The van der Waals surface area contributed by atoms with E-state index in [9.17, 15) is 0 Å². The van der Waals surface area contributed by atoms with E-state index in [1.54, 1.807) is 4.68 Å². The molecular weight excluding hydrogens is 288 g/mol. The Labute approximate surface area is 107 Å². The molecule has 2 rings (SSSR count). The Balaban J connectivity index is 2.11.